The molecule has 75 heavy (non-hydrogen) atoms. The van der Waals surface area contributed by atoms with Crippen LogP contribution >= 0.6 is 0 Å². The third-order valence-electron chi connectivity index (χ3n) is 16.6. The largest absolute Gasteiger partial charge is 0.311 e. The van der Waals surface area contributed by atoms with Crippen LogP contribution in [0.1, 0.15) is 105 Å². The van der Waals surface area contributed by atoms with E-state index in [4.69, 9.17) is 0 Å². The standard InChI is InChI=1S/C72H67BN2/c1-69(2,3)56-38-57(70(4,5)6)41-60(40-56)74-64-34-53-30-48-23-17-15-21-46(48)28-51(53)32-62(64)73-63-33-52-29-47-22-16-18-24-49(47)31-54(52)35-65(63)75(61-42-58(71(7,8)9)39-59(43-61)72(10,11)12)67-37-55(36-66(74)68(67)73)50-26-25-44-19-13-14-20-45(44)27-50/h13-43H,1-12H3. The van der Waals surface area contributed by atoms with E-state index in [1.165, 1.54) is 138 Å². The molecule has 0 spiro atoms. The molecule has 0 fully saturated rings. The van der Waals surface area contributed by atoms with E-state index in [1.54, 1.807) is 0 Å². The minimum Gasteiger partial charge on any atom is -0.311 e. The molecule has 3 heteroatoms. The second kappa shape index (κ2) is 16.4. The number of fused-ring (bicyclic) bond motifs is 9. The first-order valence-corrected chi connectivity index (χ1v) is 27.2. The molecule has 2 aliphatic heterocycles. The molecule has 0 aromatic heterocycles. The van der Waals surface area contributed by atoms with Crippen LogP contribution in [-0.4, -0.2) is 6.71 Å². The van der Waals surface area contributed by atoms with Gasteiger partial charge in [-0.25, -0.2) is 0 Å². The number of rotatable bonds is 3. The predicted molar refractivity (Wildman–Crippen MR) is 328 cm³/mol. The average Bonchev–Trinajstić information content (AvgIpc) is 3.45. The zero-order chi connectivity index (χ0) is 52.1. The van der Waals surface area contributed by atoms with Crippen LogP contribution in [0.2, 0.25) is 0 Å². The van der Waals surface area contributed by atoms with E-state index in [0.29, 0.717) is 0 Å². The molecule has 0 saturated heterocycles. The van der Waals surface area contributed by atoms with Crippen LogP contribution in [0, 0.1) is 0 Å². The smallest absolute Gasteiger partial charge is 0.252 e. The Morgan fingerprint density at radius 2 is 0.600 bits per heavy atom. The molecule has 0 radical (unpaired) electrons. The molecule has 0 unspecified atom stereocenters. The fraction of sp³-hybridized carbons (Fsp3) is 0.222. The van der Waals surface area contributed by atoms with Crippen molar-refractivity contribution in [1.29, 1.82) is 0 Å². The van der Waals surface area contributed by atoms with Gasteiger partial charge in [-0.2, -0.15) is 0 Å². The summed E-state index contributed by atoms with van der Waals surface area (Å²) < 4.78 is 0. The van der Waals surface area contributed by atoms with Gasteiger partial charge in [0.25, 0.3) is 6.71 Å². The first-order chi connectivity index (χ1) is 35.6. The fourth-order valence-corrected chi connectivity index (χ4v) is 12.2. The Balaban J connectivity index is 1.22. The topological polar surface area (TPSA) is 6.48 Å². The van der Waals surface area contributed by atoms with E-state index in [0.717, 1.165) is 0 Å². The van der Waals surface area contributed by atoms with E-state index in [1.807, 2.05) is 0 Å². The number of benzene rings is 11. The third kappa shape index (κ3) is 7.92. The van der Waals surface area contributed by atoms with Gasteiger partial charge in [0.05, 0.1) is 0 Å². The van der Waals surface area contributed by atoms with Gasteiger partial charge in [0.2, 0.25) is 0 Å². The molecular formula is C72H67BN2. The Morgan fingerprint density at radius 3 is 0.960 bits per heavy atom. The molecule has 0 saturated carbocycles. The molecule has 2 heterocycles. The molecule has 13 rings (SSSR count). The molecule has 11 aromatic carbocycles. The Labute approximate surface area is 444 Å². The lowest BCUT2D eigenvalue weighted by atomic mass is 9.33. The van der Waals surface area contributed by atoms with E-state index >= 15 is 0 Å². The Hall–Kier alpha value is -7.62. The van der Waals surface area contributed by atoms with Gasteiger partial charge in [-0.15, -0.1) is 0 Å². The molecule has 11 aromatic rings. The van der Waals surface area contributed by atoms with Gasteiger partial charge in [0.15, 0.2) is 0 Å². The van der Waals surface area contributed by atoms with Crippen molar-refractivity contribution < 1.29 is 0 Å². The Bertz CT molecular complexity index is 3890. The van der Waals surface area contributed by atoms with Gasteiger partial charge in [0.1, 0.15) is 0 Å². The monoisotopic (exact) mass is 971 g/mol. The summed E-state index contributed by atoms with van der Waals surface area (Å²) >= 11 is 0. The molecule has 0 atom stereocenters. The second-order valence-corrected chi connectivity index (χ2v) is 26.0. The second-order valence-electron chi connectivity index (χ2n) is 26.0. The van der Waals surface area contributed by atoms with E-state index in [-0.39, 0.29) is 28.4 Å². The molecule has 2 nitrogen and oxygen atoms in total. The first kappa shape index (κ1) is 47.1. The summed E-state index contributed by atoms with van der Waals surface area (Å²) in [4.78, 5) is 5.33. The summed E-state index contributed by atoms with van der Waals surface area (Å²) in [5, 5.41) is 12.5. The van der Waals surface area contributed by atoms with Crippen molar-refractivity contribution in [3.8, 4) is 11.1 Å². The highest BCUT2D eigenvalue weighted by molar-refractivity contribution is 7.00. The maximum atomic E-state index is 2.66. The number of anilines is 6. The maximum absolute atomic E-state index is 2.66. The first-order valence-electron chi connectivity index (χ1n) is 27.2. The Morgan fingerprint density at radius 1 is 0.267 bits per heavy atom. The fourth-order valence-electron chi connectivity index (χ4n) is 12.2. The quantitative estimate of drug-likeness (QED) is 0.129. The van der Waals surface area contributed by atoms with Gasteiger partial charge < -0.3 is 9.80 Å². The molecule has 0 amide bonds. The van der Waals surface area contributed by atoms with E-state index in [2.05, 4.69) is 281 Å². The van der Waals surface area contributed by atoms with Crippen LogP contribution in [0.25, 0.3) is 65.0 Å². The number of nitrogens with zero attached hydrogens (tertiary/aromatic N) is 2. The minimum absolute atomic E-state index is 0.0781. The Kier molecular flexibility index (Phi) is 10.3. The molecular weight excluding hydrogens is 904 g/mol. The van der Waals surface area contributed by atoms with Crippen molar-refractivity contribution >= 4 is 111 Å². The van der Waals surface area contributed by atoms with Gasteiger partial charge in [-0.3, -0.25) is 0 Å². The van der Waals surface area contributed by atoms with Crippen LogP contribution in [0.5, 0.6) is 0 Å². The van der Waals surface area contributed by atoms with Gasteiger partial charge in [0, 0.05) is 34.1 Å². The molecule has 0 bridgehead atoms. The summed E-state index contributed by atoms with van der Waals surface area (Å²) in [5.41, 5.74) is 18.6. The van der Waals surface area contributed by atoms with Gasteiger partial charge in [-0.1, -0.05) is 192 Å². The normalized spacial score (nSPS) is 13.8. The highest BCUT2D eigenvalue weighted by atomic mass is 15.2. The zero-order valence-corrected chi connectivity index (χ0v) is 45.9. The molecule has 0 N–H and O–H groups in total. The summed E-state index contributed by atoms with van der Waals surface area (Å²) in [6.45, 7) is 28.2. The van der Waals surface area contributed by atoms with Gasteiger partial charge in [-0.05, 0) is 204 Å². The molecule has 368 valence electrons. The predicted octanol–water partition coefficient (Wildman–Crippen LogP) is 18.4. The summed E-state index contributed by atoms with van der Waals surface area (Å²) in [6.07, 6.45) is 0. The van der Waals surface area contributed by atoms with Crippen molar-refractivity contribution in [3.05, 3.63) is 210 Å². The van der Waals surface area contributed by atoms with E-state index < -0.39 is 0 Å². The summed E-state index contributed by atoms with van der Waals surface area (Å²) in [7, 11) is 0. The van der Waals surface area contributed by atoms with Crippen LogP contribution in [0.3, 0.4) is 0 Å². The lowest BCUT2D eigenvalue weighted by Gasteiger charge is -2.45. The van der Waals surface area contributed by atoms with Crippen molar-refractivity contribution in [1.82, 2.24) is 0 Å². The molecule has 0 aliphatic carbocycles. The van der Waals surface area contributed by atoms with Crippen molar-refractivity contribution in [2.24, 2.45) is 0 Å². The average molecular weight is 971 g/mol. The summed E-state index contributed by atoms with van der Waals surface area (Å²) in [5.74, 6) is 0. The van der Waals surface area contributed by atoms with Crippen molar-refractivity contribution in [2.75, 3.05) is 9.80 Å². The molecule has 2 aliphatic rings. The van der Waals surface area contributed by atoms with Crippen LogP contribution in [0.4, 0.5) is 34.1 Å². The third-order valence-corrected chi connectivity index (χ3v) is 16.6. The van der Waals surface area contributed by atoms with Gasteiger partial charge >= 0.3 is 0 Å². The lowest BCUT2D eigenvalue weighted by Crippen LogP contribution is -2.61. The van der Waals surface area contributed by atoms with Crippen molar-refractivity contribution in [2.45, 2.75) is 105 Å². The van der Waals surface area contributed by atoms with Crippen LogP contribution < -0.4 is 26.2 Å². The summed E-state index contributed by atoms with van der Waals surface area (Å²) in [6, 6.07) is 73.3. The zero-order valence-electron chi connectivity index (χ0n) is 45.9. The minimum atomic E-state index is -0.0877. The van der Waals surface area contributed by atoms with Crippen LogP contribution in [-0.2, 0) is 21.7 Å². The highest BCUT2D eigenvalue weighted by Crippen LogP contribution is 2.50. The van der Waals surface area contributed by atoms with E-state index in [9.17, 15) is 0 Å². The number of hydrogen-bond donors (Lipinski definition) is 0. The lowest BCUT2D eigenvalue weighted by molar-refractivity contribution is 0.568. The van der Waals surface area contributed by atoms with Crippen LogP contribution in [0.15, 0.2) is 188 Å². The highest BCUT2D eigenvalue weighted by Gasteiger charge is 2.45. The maximum Gasteiger partial charge on any atom is 0.252 e. The van der Waals surface area contributed by atoms with Crippen molar-refractivity contribution in [3.63, 3.8) is 0 Å². The number of hydrogen-bond acceptors (Lipinski definition) is 2. The SMILES string of the molecule is CC(C)(C)c1cc(N2c3cc4cc5ccccc5cc4cc3B3c4cc5cc6ccccc6cc5cc4N(c4cc(C(C)(C)C)cc(C(C)(C)C)c4)c4cc(-c5ccc6ccccc6c5)cc2c43)cc(C(C)(C)C)c1.